The average Bonchev–Trinajstić information content (AvgIpc) is 2.46. The fourth-order valence-corrected chi connectivity index (χ4v) is 2.73. The first-order valence-electron chi connectivity index (χ1n) is 6.02. The lowest BCUT2D eigenvalue weighted by Gasteiger charge is -2.07. The van der Waals surface area contributed by atoms with Crippen LogP contribution in [-0.4, -0.2) is 16.8 Å². The van der Waals surface area contributed by atoms with Crippen molar-refractivity contribution < 1.29 is 9.90 Å². The summed E-state index contributed by atoms with van der Waals surface area (Å²) >= 11 is 7.42. The van der Waals surface area contributed by atoms with E-state index >= 15 is 0 Å². The molecule has 0 atom stereocenters. The molecule has 0 amide bonds. The molecule has 1 N–H and O–H groups in total. The second kappa shape index (κ2) is 7.17. The highest BCUT2D eigenvalue weighted by atomic mass is 35.5. The van der Waals surface area contributed by atoms with Crippen molar-refractivity contribution in [2.45, 2.75) is 4.90 Å². The van der Waals surface area contributed by atoms with E-state index in [9.17, 15) is 4.79 Å². The molecule has 20 heavy (non-hydrogen) atoms. The Balaban J connectivity index is 2.13. The normalized spacial score (nSPS) is 11.3. The van der Waals surface area contributed by atoms with Crippen LogP contribution in [-0.2, 0) is 4.79 Å². The number of aliphatic carboxylic acids is 1. The Morgan fingerprint density at radius 3 is 2.35 bits per heavy atom. The van der Waals surface area contributed by atoms with Gasteiger partial charge in [0.25, 0.3) is 0 Å². The van der Waals surface area contributed by atoms with E-state index in [0.717, 1.165) is 16.0 Å². The van der Waals surface area contributed by atoms with E-state index in [4.69, 9.17) is 16.7 Å². The summed E-state index contributed by atoms with van der Waals surface area (Å²) in [5, 5.41) is 9.67. The minimum Gasteiger partial charge on any atom is -0.478 e. The summed E-state index contributed by atoms with van der Waals surface area (Å²) in [6.07, 6.45) is 1.26. The molecular formula is C16H13ClO2S. The predicted octanol–water partition coefficient (Wildman–Crippen LogP) is 4.60. The molecule has 2 rings (SSSR count). The second-order valence-electron chi connectivity index (χ2n) is 4.12. The van der Waals surface area contributed by atoms with Gasteiger partial charge < -0.3 is 5.11 Å². The summed E-state index contributed by atoms with van der Waals surface area (Å²) in [6, 6.07) is 17.0. The Morgan fingerprint density at radius 2 is 1.75 bits per heavy atom. The van der Waals surface area contributed by atoms with Crippen molar-refractivity contribution in [3.05, 3.63) is 71.3 Å². The topological polar surface area (TPSA) is 37.3 Å². The molecule has 0 aliphatic carbocycles. The molecule has 0 aliphatic heterocycles. The van der Waals surface area contributed by atoms with E-state index in [-0.39, 0.29) is 0 Å². The molecule has 0 aliphatic rings. The standard InChI is InChI=1S/C16H13ClO2S/c17-14-6-8-15(9-7-14)20-11-13(10-16(18)19)12-4-2-1-3-5-12/h1-10H,11H2,(H,18,19)/b13-10-. The Labute approximate surface area is 127 Å². The molecule has 2 aromatic carbocycles. The molecule has 0 fully saturated rings. The number of rotatable bonds is 5. The number of hydrogen-bond donors (Lipinski definition) is 1. The van der Waals surface area contributed by atoms with Crippen LogP contribution < -0.4 is 0 Å². The van der Waals surface area contributed by atoms with Crippen molar-refractivity contribution in [1.82, 2.24) is 0 Å². The first-order valence-corrected chi connectivity index (χ1v) is 7.39. The molecule has 0 bridgehead atoms. The maximum atomic E-state index is 10.9. The van der Waals surface area contributed by atoms with Gasteiger partial charge in [-0.3, -0.25) is 0 Å². The molecule has 4 heteroatoms. The number of halogens is 1. The maximum absolute atomic E-state index is 10.9. The number of hydrogen-bond acceptors (Lipinski definition) is 2. The SMILES string of the molecule is O=C(O)/C=C(/CSc1ccc(Cl)cc1)c1ccccc1. The molecule has 0 saturated carbocycles. The van der Waals surface area contributed by atoms with Gasteiger partial charge in [0.05, 0.1) is 0 Å². The summed E-state index contributed by atoms with van der Waals surface area (Å²) in [5.74, 6) is -0.335. The van der Waals surface area contributed by atoms with Gasteiger partial charge in [0, 0.05) is 21.7 Å². The van der Waals surface area contributed by atoms with Gasteiger partial charge in [-0.2, -0.15) is 0 Å². The third-order valence-electron chi connectivity index (χ3n) is 2.65. The summed E-state index contributed by atoms with van der Waals surface area (Å²) in [5.41, 5.74) is 1.72. The first kappa shape index (κ1) is 14.7. The van der Waals surface area contributed by atoms with Crippen LogP contribution in [0.3, 0.4) is 0 Å². The number of benzene rings is 2. The van der Waals surface area contributed by atoms with Crippen LogP contribution in [0.1, 0.15) is 5.56 Å². The molecule has 2 nitrogen and oxygen atoms in total. The lowest BCUT2D eigenvalue weighted by Crippen LogP contribution is -1.95. The minimum atomic E-state index is -0.930. The van der Waals surface area contributed by atoms with E-state index in [1.165, 1.54) is 6.08 Å². The van der Waals surface area contributed by atoms with Crippen LogP contribution in [0.2, 0.25) is 5.02 Å². The smallest absolute Gasteiger partial charge is 0.328 e. The maximum Gasteiger partial charge on any atom is 0.328 e. The highest BCUT2D eigenvalue weighted by Gasteiger charge is 2.05. The average molecular weight is 305 g/mol. The summed E-state index contributed by atoms with van der Waals surface area (Å²) in [4.78, 5) is 12.0. The monoisotopic (exact) mass is 304 g/mol. The van der Waals surface area contributed by atoms with Crippen LogP contribution in [0, 0.1) is 0 Å². The summed E-state index contributed by atoms with van der Waals surface area (Å²) in [6.45, 7) is 0. The van der Waals surface area contributed by atoms with E-state index in [0.29, 0.717) is 10.8 Å². The van der Waals surface area contributed by atoms with E-state index < -0.39 is 5.97 Å². The van der Waals surface area contributed by atoms with Crippen LogP contribution in [0.5, 0.6) is 0 Å². The highest BCUT2D eigenvalue weighted by Crippen LogP contribution is 2.26. The van der Waals surface area contributed by atoms with E-state index in [1.807, 2.05) is 54.6 Å². The van der Waals surface area contributed by atoms with E-state index in [2.05, 4.69) is 0 Å². The molecule has 102 valence electrons. The third-order valence-corrected chi connectivity index (χ3v) is 3.96. The van der Waals surface area contributed by atoms with Crippen LogP contribution in [0.15, 0.2) is 65.6 Å². The van der Waals surface area contributed by atoms with Gasteiger partial charge in [0.1, 0.15) is 0 Å². The van der Waals surface area contributed by atoms with Crippen molar-refractivity contribution in [2.24, 2.45) is 0 Å². The molecule has 0 radical (unpaired) electrons. The largest absolute Gasteiger partial charge is 0.478 e. The second-order valence-corrected chi connectivity index (χ2v) is 5.60. The van der Waals surface area contributed by atoms with Crippen LogP contribution in [0.4, 0.5) is 0 Å². The zero-order chi connectivity index (χ0) is 14.4. The van der Waals surface area contributed by atoms with Crippen molar-refractivity contribution in [2.75, 3.05) is 5.75 Å². The Hall–Kier alpha value is -1.71. The number of carboxylic acids is 1. The number of carbonyl (C=O) groups is 1. The van der Waals surface area contributed by atoms with Crippen LogP contribution in [0.25, 0.3) is 5.57 Å². The lowest BCUT2D eigenvalue weighted by atomic mass is 10.1. The van der Waals surface area contributed by atoms with Crippen molar-refractivity contribution in [3.8, 4) is 0 Å². The summed E-state index contributed by atoms with van der Waals surface area (Å²) < 4.78 is 0. The zero-order valence-corrected chi connectivity index (χ0v) is 12.2. The quantitative estimate of drug-likeness (QED) is 0.648. The Kier molecular flexibility index (Phi) is 5.27. The molecule has 0 aromatic heterocycles. The predicted molar refractivity (Wildman–Crippen MR) is 84.2 cm³/mol. The van der Waals surface area contributed by atoms with Gasteiger partial charge in [-0.25, -0.2) is 4.79 Å². The fourth-order valence-electron chi connectivity index (χ4n) is 1.70. The fraction of sp³-hybridized carbons (Fsp3) is 0.0625. The lowest BCUT2D eigenvalue weighted by molar-refractivity contribution is -0.131. The van der Waals surface area contributed by atoms with Crippen molar-refractivity contribution >= 4 is 34.9 Å². The first-order chi connectivity index (χ1) is 9.65. The van der Waals surface area contributed by atoms with Gasteiger partial charge in [-0.05, 0) is 35.4 Å². The van der Waals surface area contributed by atoms with Crippen molar-refractivity contribution in [1.29, 1.82) is 0 Å². The van der Waals surface area contributed by atoms with Crippen LogP contribution >= 0.6 is 23.4 Å². The number of thioether (sulfide) groups is 1. The molecule has 0 unspecified atom stereocenters. The molecule has 0 spiro atoms. The van der Waals surface area contributed by atoms with E-state index in [1.54, 1.807) is 11.8 Å². The molecule has 0 saturated heterocycles. The summed E-state index contributed by atoms with van der Waals surface area (Å²) in [7, 11) is 0. The molecular weight excluding hydrogens is 292 g/mol. The number of carboxylic acid groups (broad SMARTS) is 1. The molecule has 2 aromatic rings. The molecule has 0 heterocycles. The van der Waals surface area contributed by atoms with Gasteiger partial charge in [0.15, 0.2) is 0 Å². The highest BCUT2D eigenvalue weighted by molar-refractivity contribution is 7.99. The third kappa shape index (κ3) is 4.44. The Bertz CT molecular complexity index is 606. The van der Waals surface area contributed by atoms with Gasteiger partial charge in [0.2, 0.25) is 0 Å². The van der Waals surface area contributed by atoms with Gasteiger partial charge in [-0.1, -0.05) is 41.9 Å². The zero-order valence-electron chi connectivity index (χ0n) is 10.6. The minimum absolute atomic E-state index is 0.595. The Morgan fingerprint density at radius 1 is 1.10 bits per heavy atom. The van der Waals surface area contributed by atoms with Crippen molar-refractivity contribution in [3.63, 3.8) is 0 Å². The van der Waals surface area contributed by atoms with Gasteiger partial charge >= 0.3 is 5.97 Å². The van der Waals surface area contributed by atoms with Gasteiger partial charge in [-0.15, -0.1) is 11.8 Å².